The first-order chi connectivity index (χ1) is 16.3. The van der Waals surface area contributed by atoms with Gasteiger partial charge in [-0.25, -0.2) is 13.2 Å². The van der Waals surface area contributed by atoms with Gasteiger partial charge in [-0.05, 0) is 35.7 Å². The molecule has 0 heterocycles. The summed E-state index contributed by atoms with van der Waals surface area (Å²) in [4.78, 5) is 25.3. The van der Waals surface area contributed by atoms with Gasteiger partial charge in [0.25, 0.3) is 0 Å². The van der Waals surface area contributed by atoms with E-state index in [1.165, 1.54) is 6.26 Å². The summed E-state index contributed by atoms with van der Waals surface area (Å²) < 4.78 is 24.2. The molecule has 0 saturated carbocycles. The molecule has 1 atom stereocenters. The van der Waals surface area contributed by atoms with E-state index in [0.29, 0.717) is 17.7 Å². The van der Waals surface area contributed by atoms with Crippen molar-refractivity contribution >= 4 is 27.5 Å². The summed E-state index contributed by atoms with van der Waals surface area (Å²) in [5.74, 6) is -0.267. The summed E-state index contributed by atoms with van der Waals surface area (Å²) in [6, 6.07) is 22.2. The Morgan fingerprint density at radius 2 is 1.53 bits per heavy atom. The lowest BCUT2D eigenvalue weighted by molar-refractivity contribution is -0.123. The molecule has 3 amide bonds. The molecule has 178 valence electrons. The van der Waals surface area contributed by atoms with Crippen molar-refractivity contribution in [1.82, 2.24) is 10.6 Å². The third kappa shape index (κ3) is 6.92. The summed E-state index contributed by atoms with van der Waals surface area (Å²) in [5.41, 5.74) is 2.92. The summed E-state index contributed by atoms with van der Waals surface area (Å²) in [7, 11) is -3.35. The van der Waals surface area contributed by atoms with Gasteiger partial charge < -0.3 is 16.0 Å². The fourth-order valence-electron chi connectivity index (χ4n) is 3.55. The number of rotatable bonds is 9. The van der Waals surface area contributed by atoms with Gasteiger partial charge in [0.05, 0.1) is 4.90 Å². The van der Waals surface area contributed by atoms with Gasteiger partial charge in [0.1, 0.15) is 6.04 Å². The Balaban J connectivity index is 1.61. The van der Waals surface area contributed by atoms with Crippen LogP contribution in [0.15, 0.2) is 83.8 Å². The molecule has 7 nitrogen and oxygen atoms in total. The molecule has 3 aromatic carbocycles. The fourth-order valence-corrected chi connectivity index (χ4v) is 4.46. The van der Waals surface area contributed by atoms with Crippen LogP contribution in [-0.2, 0) is 21.2 Å². The van der Waals surface area contributed by atoms with Gasteiger partial charge in [-0.2, -0.15) is 0 Å². The number of carbonyl (C=O) groups excluding carboxylic acids is 2. The van der Waals surface area contributed by atoms with Crippen LogP contribution in [-0.4, -0.2) is 32.7 Å². The lowest BCUT2D eigenvalue weighted by atomic mass is 10.0. The molecule has 0 aromatic heterocycles. The van der Waals surface area contributed by atoms with E-state index in [2.05, 4.69) is 16.0 Å². The van der Waals surface area contributed by atoms with Crippen LogP contribution >= 0.6 is 0 Å². The predicted octanol–water partition coefficient (Wildman–Crippen LogP) is 4.36. The molecular formula is C26H29N3O4S. The molecule has 0 aliphatic heterocycles. The van der Waals surface area contributed by atoms with E-state index in [4.69, 9.17) is 0 Å². The van der Waals surface area contributed by atoms with Crippen LogP contribution in [0.1, 0.15) is 25.3 Å². The van der Waals surface area contributed by atoms with E-state index in [9.17, 15) is 18.0 Å². The van der Waals surface area contributed by atoms with Crippen LogP contribution in [0, 0.1) is 0 Å². The smallest absolute Gasteiger partial charge is 0.319 e. The van der Waals surface area contributed by atoms with E-state index in [-0.39, 0.29) is 17.3 Å². The first-order valence-electron chi connectivity index (χ1n) is 11.1. The molecule has 3 aromatic rings. The molecular weight excluding hydrogens is 450 g/mol. The number of benzene rings is 3. The number of hydrogen-bond acceptors (Lipinski definition) is 4. The van der Waals surface area contributed by atoms with Crippen LogP contribution < -0.4 is 16.0 Å². The van der Waals surface area contributed by atoms with Crippen molar-refractivity contribution in [2.24, 2.45) is 0 Å². The second kappa shape index (κ2) is 11.5. The Morgan fingerprint density at radius 1 is 0.882 bits per heavy atom. The van der Waals surface area contributed by atoms with E-state index < -0.39 is 21.9 Å². The van der Waals surface area contributed by atoms with Crippen LogP contribution in [0.2, 0.25) is 0 Å². The molecule has 0 spiro atoms. The van der Waals surface area contributed by atoms with Crippen molar-refractivity contribution in [2.45, 2.75) is 37.2 Å². The van der Waals surface area contributed by atoms with E-state index in [1.54, 1.807) is 36.4 Å². The van der Waals surface area contributed by atoms with E-state index in [1.807, 2.05) is 49.4 Å². The molecule has 0 bridgehead atoms. The Bertz CT molecular complexity index is 1230. The van der Waals surface area contributed by atoms with Gasteiger partial charge in [0.15, 0.2) is 9.84 Å². The number of urea groups is 1. The van der Waals surface area contributed by atoms with Gasteiger partial charge in [-0.1, -0.05) is 74.0 Å². The molecule has 34 heavy (non-hydrogen) atoms. The Labute approximate surface area is 200 Å². The number of anilines is 1. The molecule has 3 rings (SSSR count). The largest absolute Gasteiger partial charge is 0.350 e. The van der Waals surface area contributed by atoms with E-state index >= 15 is 0 Å². The molecule has 3 N–H and O–H groups in total. The van der Waals surface area contributed by atoms with Crippen LogP contribution in [0.5, 0.6) is 0 Å². The average Bonchev–Trinajstić information content (AvgIpc) is 2.82. The normalized spacial score (nSPS) is 11.9. The summed E-state index contributed by atoms with van der Waals surface area (Å²) in [6.45, 7) is 2.24. The molecule has 0 aliphatic rings. The minimum absolute atomic E-state index is 0.267. The number of amides is 3. The monoisotopic (exact) mass is 479 g/mol. The third-order valence-electron chi connectivity index (χ3n) is 5.25. The van der Waals surface area contributed by atoms with Crippen molar-refractivity contribution in [3.05, 3.63) is 84.4 Å². The number of sulfone groups is 1. The maximum absolute atomic E-state index is 12.7. The topological polar surface area (TPSA) is 104 Å². The zero-order valence-electron chi connectivity index (χ0n) is 19.2. The highest BCUT2D eigenvalue weighted by Crippen LogP contribution is 2.27. The van der Waals surface area contributed by atoms with Gasteiger partial charge >= 0.3 is 6.03 Å². The van der Waals surface area contributed by atoms with Crippen molar-refractivity contribution in [3.8, 4) is 11.1 Å². The van der Waals surface area contributed by atoms with Gasteiger partial charge in [-0.15, -0.1) is 0 Å². The third-order valence-corrected chi connectivity index (χ3v) is 6.40. The highest BCUT2D eigenvalue weighted by molar-refractivity contribution is 7.90. The Hall–Kier alpha value is -3.65. The molecule has 1 unspecified atom stereocenters. The number of para-hydroxylation sites is 1. The van der Waals surface area contributed by atoms with Gasteiger partial charge in [0, 0.05) is 24.1 Å². The van der Waals surface area contributed by atoms with Crippen molar-refractivity contribution in [2.75, 3.05) is 11.6 Å². The average molecular weight is 480 g/mol. The molecule has 0 aliphatic carbocycles. The summed E-state index contributed by atoms with van der Waals surface area (Å²) in [5, 5.41) is 8.33. The summed E-state index contributed by atoms with van der Waals surface area (Å²) >= 11 is 0. The van der Waals surface area contributed by atoms with Crippen molar-refractivity contribution in [3.63, 3.8) is 0 Å². The maximum Gasteiger partial charge on any atom is 0.319 e. The zero-order valence-corrected chi connectivity index (χ0v) is 20.1. The second-order valence-electron chi connectivity index (χ2n) is 7.99. The van der Waals surface area contributed by atoms with Gasteiger partial charge in [-0.3, -0.25) is 4.79 Å². The van der Waals surface area contributed by atoms with E-state index in [0.717, 1.165) is 17.5 Å². The van der Waals surface area contributed by atoms with Crippen molar-refractivity contribution in [1.29, 1.82) is 0 Å². The fraction of sp³-hybridized carbons (Fsp3) is 0.231. The van der Waals surface area contributed by atoms with Crippen LogP contribution in [0.3, 0.4) is 0 Å². The van der Waals surface area contributed by atoms with Crippen molar-refractivity contribution < 1.29 is 18.0 Å². The summed E-state index contributed by atoms with van der Waals surface area (Å²) in [6.07, 6.45) is 2.43. The first kappa shape index (κ1) is 25.0. The second-order valence-corrected chi connectivity index (χ2v) is 9.97. The first-order valence-corrected chi connectivity index (χ1v) is 13.0. The molecule has 0 saturated heterocycles. The molecule has 8 heteroatoms. The Morgan fingerprint density at radius 3 is 2.18 bits per heavy atom. The molecule has 0 radical (unpaired) electrons. The van der Waals surface area contributed by atoms with Crippen LogP contribution in [0.25, 0.3) is 11.1 Å². The number of nitrogens with one attached hydrogen (secondary N) is 3. The lowest BCUT2D eigenvalue weighted by Gasteiger charge is -2.18. The standard InChI is InChI=1S/C26H29N3O4S/c1-3-9-23(29-26(31)28-21-10-5-4-6-11-21)25(30)27-18-19-14-16-20(17-15-19)22-12-7-8-13-24(22)34(2,32)33/h4-8,10-17,23H,3,9,18H2,1-2H3,(H,27,30)(H2,28,29,31). The quantitative estimate of drug-likeness (QED) is 0.424. The Kier molecular flexibility index (Phi) is 8.43. The highest BCUT2D eigenvalue weighted by Gasteiger charge is 2.20. The minimum Gasteiger partial charge on any atom is -0.350 e. The lowest BCUT2D eigenvalue weighted by Crippen LogP contribution is -2.47. The minimum atomic E-state index is -3.35. The van der Waals surface area contributed by atoms with Gasteiger partial charge in [0.2, 0.25) is 5.91 Å². The zero-order chi connectivity index (χ0) is 24.6. The SMILES string of the molecule is CCCC(NC(=O)Nc1ccccc1)C(=O)NCc1ccc(-c2ccccc2S(C)(=O)=O)cc1. The van der Waals surface area contributed by atoms with Crippen LogP contribution in [0.4, 0.5) is 10.5 Å². The maximum atomic E-state index is 12.7. The molecule has 0 fully saturated rings. The number of hydrogen-bond donors (Lipinski definition) is 3. The predicted molar refractivity (Wildman–Crippen MR) is 134 cm³/mol. The number of carbonyl (C=O) groups is 2. The highest BCUT2D eigenvalue weighted by atomic mass is 32.2.